The van der Waals surface area contributed by atoms with Gasteiger partial charge in [0.2, 0.25) is 5.91 Å². The Labute approximate surface area is 175 Å². The van der Waals surface area contributed by atoms with Crippen LogP contribution in [0, 0.1) is 30.0 Å². The largest absolute Gasteiger partial charge is 0.310 e. The predicted octanol–water partition coefficient (Wildman–Crippen LogP) is 4.17. The van der Waals surface area contributed by atoms with E-state index in [-0.39, 0.29) is 17.2 Å². The summed E-state index contributed by atoms with van der Waals surface area (Å²) in [6.07, 6.45) is 14.7. The Hall–Kier alpha value is -2.83. The number of hydrogen-bond donors (Lipinski definition) is 1. The second-order valence-corrected chi connectivity index (χ2v) is 8.76. The first-order valence-electron chi connectivity index (χ1n) is 10.7. The zero-order valence-corrected chi connectivity index (χ0v) is 17.1. The van der Waals surface area contributed by atoms with E-state index in [9.17, 15) is 9.18 Å². The minimum atomic E-state index is -0.415. The molecule has 1 unspecified atom stereocenters. The summed E-state index contributed by atoms with van der Waals surface area (Å²) in [5.74, 6) is 2.63. The van der Waals surface area contributed by atoms with Gasteiger partial charge in [0.15, 0.2) is 5.82 Å². The van der Waals surface area contributed by atoms with Crippen molar-refractivity contribution in [3.8, 4) is 0 Å². The molecule has 3 aliphatic rings. The average molecular weight is 407 g/mol. The Kier molecular flexibility index (Phi) is 4.76. The molecule has 156 valence electrons. The van der Waals surface area contributed by atoms with Crippen molar-refractivity contribution in [3.63, 3.8) is 0 Å². The Balaban J connectivity index is 1.31. The van der Waals surface area contributed by atoms with Crippen LogP contribution >= 0.6 is 0 Å². The maximum atomic E-state index is 13.1. The minimum absolute atomic E-state index is 0.0361. The molecule has 2 aromatic heterocycles. The van der Waals surface area contributed by atoms with Crippen LogP contribution in [-0.2, 0) is 11.3 Å². The molecule has 5 rings (SSSR count). The molecular weight excluding hydrogens is 381 g/mol. The SMILES string of the molecule is Cc1nc(C2CC2)nn1CC[C@@]1(C2C=CC=CC2)C[C@H]1C(=O)Nc1ccc(F)cn1. The maximum absolute atomic E-state index is 13.1. The standard InChI is InChI=1S/C23H26FN5O/c1-15-26-21(16-7-8-16)28-29(15)12-11-23(17-5-3-2-4-6-17)13-19(23)22(30)27-20-10-9-18(24)14-25-20/h2-5,9-10,14,16-17,19H,6-8,11-13H2,1H3,(H,25,27,30)/t17?,19-,23-/m0/s1. The van der Waals surface area contributed by atoms with Crippen molar-refractivity contribution in [1.29, 1.82) is 0 Å². The fourth-order valence-corrected chi connectivity index (χ4v) is 4.70. The van der Waals surface area contributed by atoms with E-state index in [1.165, 1.54) is 25.0 Å². The van der Waals surface area contributed by atoms with Gasteiger partial charge >= 0.3 is 0 Å². The highest BCUT2D eigenvalue weighted by Crippen LogP contribution is 2.62. The number of carbonyl (C=O) groups is 1. The molecule has 7 heteroatoms. The van der Waals surface area contributed by atoms with E-state index in [4.69, 9.17) is 5.10 Å². The first-order chi connectivity index (χ1) is 14.5. The van der Waals surface area contributed by atoms with Crippen LogP contribution in [0.5, 0.6) is 0 Å². The summed E-state index contributed by atoms with van der Waals surface area (Å²) in [7, 11) is 0. The molecule has 6 nitrogen and oxygen atoms in total. The lowest BCUT2D eigenvalue weighted by Crippen LogP contribution is -2.26. The van der Waals surface area contributed by atoms with Gasteiger partial charge in [-0.05, 0) is 62.5 Å². The van der Waals surface area contributed by atoms with E-state index >= 15 is 0 Å². The van der Waals surface area contributed by atoms with Crippen LogP contribution in [0.2, 0.25) is 0 Å². The number of halogens is 1. The Morgan fingerprint density at radius 1 is 1.33 bits per heavy atom. The molecule has 30 heavy (non-hydrogen) atoms. The lowest BCUT2D eigenvalue weighted by atomic mass is 9.79. The number of carbonyl (C=O) groups excluding carboxylic acids is 1. The van der Waals surface area contributed by atoms with Crippen LogP contribution in [0.25, 0.3) is 0 Å². The summed E-state index contributed by atoms with van der Waals surface area (Å²) in [5.41, 5.74) is -0.0937. The number of nitrogens with zero attached hydrogens (tertiary/aromatic N) is 4. The van der Waals surface area contributed by atoms with Gasteiger partial charge in [0, 0.05) is 18.4 Å². The third-order valence-corrected chi connectivity index (χ3v) is 6.74. The van der Waals surface area contributed by atoms with Gasteiger partial charge < -0.3 is 5.32 Å². The number of amides is 1. The van der Waals surface area contributed by atoms with Crippen LogP contribution in [0.15, 0.2) is 42.6 Å². The highest BCUT2D eigenvalue weighted by atomic mass is 19.1. The van der Waals surface area contributed by atoms with Gasteiger partial charge in [0.1, 0.15) is 17.5 Å². The van der Waals surface area contributed by atoms with Crippen LogP contribution in [0.1, 0.15) is 49.7 Å². The second-order valence-electron chi connectivity index (χ2n) is 8.76. The van der Waals surface area contributed by atoms with E-state index in [2.05, 4.69) is 39.6 Å². The highest BCUT2D eigenvalue weighted by Gasteiger charge is 2.60. The zero-order chi connectivity index (χ0) is 20.7. The third-order valence-electron chi connectivity index (χ3n) is 6.74. The molecule has 2 heterocycles. The molecule has 2 saturated carbocycles. The van der Waals surface area contributed by atoms with Crippen LogP contribution in [-0.4, -0.2) is 25.7 Å². The minimum Gasteiger partial charge on any atom is -0.310 e. The molecule has 2 aromatic rings. The van der Waals surface area contributed by atoms with Crippen molar-refractivity contribution < 1.29 is 9.18 Å². The number of hydrogen-bond acceptors (Lipinski definition) is 4. The number of nitrogens with one attached hydrogen (secondary N) is 1. The van der Waals surface area contributed by atoms with Crippen molar-refractivity contribution >= 4 is 11.7 Å². The number of aryl methyl sites for hydroxylation is 2. The van der Waals surface area contributed by atoms with E-state index in [0.29, 0.717) is 17.7 Å². The van der Waals surface area contributed by atoms with E-state index in [1.807, 2.05) is 11.6 Å². The van der Waals surface area contributed by atoms with E-state index < -0.39 is 5.82 Å². The lowest BCUT2D eigenvalue weighted by molar-refractivity contribution is -0.118. The van der Waals surface area contributed by atoms with Crippen LogP contribution < -0.4 is 5.32 Å². The van der Waals surface area contributed by atoms with Crippen molar-refractivity contribution in [1.82, 2.24) is 19.7 Å². The van der Waals surface area contributed by atoms with Gasteiger partial charge in [-0.15, -0.1) is 0 Å². The molecule has 3 atom stereocenters. The normalized spacial score (nSPS) is 27.3. The molecule has 0 aliphatic heterocycles. The van der Waals surface area contributed by atoms with Crippen molar-refractivity contribution in [3.05, 3.63) is 60.1 Å². The van der Waals surface area contributed by atoms with Gasteiger partial charge in [-0.25, -0.2) is 14.4 Å². The molecular formula is C23H26FN5O. The average Bonchev–Trinajstić information content (AvgIpc) is 3.67. The maximum Gasteiger partial charge on any atom is 0.229 e. The number of allylic oxidation sites excluding steroid dienone is 4. The Morgan fingerprint density at radius 3 is 2.90 bits per heavy atom. The van der Waals surface area contributed by atoms with Crippen LogP contribution in [0.3, 0.4) is 0 Å². The summed E-state index contributed by atoms with van der Waals surface area (Å²) in [5, 5.41) is 7.59. The number of rotatable bonds is 7. The van der Waals surface area contributed by atoms with Crippen LogP contribution in [0.4, 0.5) is 10.2 Å². The second kappa shape index (κ2) is 7.45. The number of pyridine rings is 1. The van der Waals surface area contributed by atoms with Crippen molar-refractivity contribution in [2.75, 3.05) is 5.32 Å². The monoisotopic (exact) mass is 407 g/mol. The number of aromatic nitrogens is 4. The fourth-order valence-electron chi connectivity index (χ4n) is 4.70. The summed E-state index contributed by atoms with van der Waals surface area (Å²) in [6.45, 7) is 2.77. The topological polar surface area (TPSA) is 72.7 Å². The lowest BCUT2D eigenvalue weighted by Gasteiger charge is -2.26. The highest BCUT2D eigenvalue weighted by molar-refractivity contribution is 5.94. The molecule has 1 amide bonds. The van der Waals surface area contributed by atoms with E-state index in [0.717, 1.165) is 43.7 Å². The molecule has 0 bridgehead atoms. The summed E-state index contributed by atoms with van der Waals surface area (Å²) in [6, 6.07) is 2.81. The van der Waals surface area contributed by atoms with Gasteiger partial charge in [-0.3, -0.25) is 9.48 Å². The quantitative estimate of drug-likeness (QED) is 0.748. The third kappa shape index (κ3) is 3.68. The molecule has 0 spiro atoms. The molecule has 0 aromatic carbocycles. The first kappa shape index (κ1) is 19.2. The fraction of sp³-hybridized carbons (Fsp3) is 0.478. The number of anilines is 1. The molecule has 0 saturated heterocycles. The Morgan fingerprint density at radius 2 is 2.20 bits per heavy atom. The predicted molar refractivity (Wildman–Crippen MR) is 111 cm³/mol. The summed E-state index contributed by atoms with van der Waals surface area (Å²) in [4.78, 5) is 21.6. The zero-order valence-electron chi connectivity index (χ0n) is 17.1. The molecule has 3 aliphatic carbocycles. The van der Waals surface area contributed by atoms with Crippen molar-refractivity contribution in [2.24, 2.45) is 17.3 Å². The van der Waals surface area contributed by atoms with Crippen molar-refractivity contribution in [2.45, 2.75) is 51.5 Å². The molecule has 1 N–H and O–H groups in total. The van der Waals surface area contributed by atoms with Gasteiger partial charge in [-0.1, -0.05) is 24.3 Å². The smallest absolute Gasteiger partial charge is 0.229 e. The summed E-state index contributed by atoms with van der Waals surface area (Å²) < 4.78 is 15.1. The van der Waals surface area contributed by atoms with E-state index in [1.54, 1.807) is 0 Å². The Bertz CT molecular complexity index is 1010. The van der Waals surface area contributed by atoms with Gasteiger partial charge in [0.05, 0.1) is 6.20 Å². The first-order valence-corrected chi connectivity index (χ1v) is 10.7. The summed E-state index contributed by atoms with van der Waals surface area (Å²) >= 11 is 0. The molecule has 2 fully saturated rings. The van der Waals surface area contributed by atoms with Gasteiger partial charge in [0.25, 0.3) is 0 Å². The van der Waals surface area contributed by atoms with Gasteiger partial charge in [-0.2, -0.15) is 5.10 Å². The molecule has 0 radical (unpaired) electrons.